The number of benzene rings is 1. The fourth-order valence-electron chi connectivity index (χ4n) is 2.33. The van der Waals surface area contributed by atoms with Gasteiger partial charge in [-0.2, -0.15) is 0 Å². The Balaban J connectivity index is 2.04. The summed E-state index contributed by atoms with van der Waals surface area (Å²) >= 11 is 0. The van der Waals surface area contributed by atoms with E-state index in [9.17, 15) is 0 Å². The zero-order chi connectivity index (χ0) is 12.5. The monoisotopic (exact) mass is 244 g/mol. The molecular weight excluding hydrogens is 228 g/mol. The highest BCUT2D eigenvalue weighted by atomic mass is 16.5. The van der Waals surface area contributed by atoms with Crippen molar-refractivity contribution in [3.8, 4) is 17.1 Å². The zero-order valence-electron chi connectivity index (χ0n) is 10.3. The molecular formula is C13H16N4O. The van der Waals surface area contributed by atoms with E-state index in [1.807, 2.05) is 24.3 Å². The molecule has 0 saturated heterocycles. The van der Waals surface area contributed by atoms with Crippen LogP contribution in [0.4, 0.5) is 0 Å². The first kappa shape index (κ1) is 11.2. The van der Waals surface area contributed by atoms with Gasteiger partial charge in [-0.05, 0) is 18.6 Å². The SMILES string of the molecule is COc1cccc(-c2nnc3n2CC(N)CC3)c1. The molecule has 94 valence electrons. The molecule has 18 heavy (non-hydrogen) atoms. The lowest BCUT2D eigenvalue weighted by molar-refractivity contribution is 0.415. The standard InChI is InChI=1S/C13H16N4O/c1-18-11-4-2-3-9(7-11)13-16-15-12-6-5-10(14)8-17(12)13/h2-4,7,10H,5-6,8,14H2,1H3. The van der Waals surface area contributed by atoms with Crippen LogP contribution in [0.5, 0.6) is 5.75 Å². The van der Waals surface area contributed by atoms with Gasteiger partial charge >= 0.3 is 0 Å². The maximum atomic E-state index is 6.01. The van der Waals surface area contributed by atoms with Crippen molar-refractivity contribution in [1.82, 2.24) is 14.8 Å². The van der Waals surface area contributed by atoms with E-state index in [0.717, 1.165) is 42.3 Å². The summed E-state index contributed by atoms with van der Waals surface area (Å²) in [6.07, 6.45) is 1.88. The van der Waals surface area contributed by atoms with Crippen molar-refractivity contribution in [3.63, 3.8) is 0 Å². The molecule has 5 heteroatoms. The van der Waals surface area contributed by atoms with E-state index < -0.39 is 0 Å². The van der Waals surface area contributed by atoms with Crippen molar-refractivity contribution < 1.29 is 4.74 Å². The summed E-state index contributed by atoms with van der Waals surface area (Å²) in [5.41, 5.74) is 7.03. The van der Waals surface area contributed by atoms with Gasteiger partial charge in [0, 0.05) is 24.6 Å². The Morgan fingerprint density at radius 1 is 1.39 bits per heavy atom. The van der Waals surface area contributed by atoms with E-state index in [-0.39, 0.29) is 6.04 Å². The molecule has 2 heterocycles. The van der Waals surface area contributed by atoms with Gasteiger partial charge in [-0.25, -0.2) is 0 Å². The van der Waals surface area contributed by atoms with Crippen LogP contribution in [0.25, 0.3) is 11.4 Å². The van der Waals surface area contributed by atoms with Crippen LogP contribution < -0.4 is 10.5 Å². The van der Waals surface area contributed by atoms with Crippen molar-refractivity contribution in [1.29, 1.82) is 0 Å². The van der Waals surface area contributed by atoms with Crippen LogP contribution in [0.3, 0.4) is 0 Å². The average Bonchev–Trinajstić information content (AvgIpc) is 2.81. The Hall–Kier alpha value is -1.88. The topological polar surface area (TPSA) is 66.0 Å². The number of aryl methyl sites for hydroxylation is 1. The minimum absolute atomic E-state index is 0.192. The lowest BCUT2D eigenvalue weighted by Crippen LogP contribution is -2.32. The summed E-state index contributed by atoms with van der Waals surface area (Å²) in [7, 11) is 1.66. The second kappa shape index (κ2) is 4.42. The minimum atomic E-state index is 0.192. The van der Waals surface area contributed by atoms with E-state index in [0.29, 0.717) is 0 Å². The second-order valence-electron chi connectivity index (χ2n) is 4.58. The predicted molar refractivity (Wildman–Crippen MR) is 68.3 cm³/mol. The number of hydrogen-bond donors (Lipinski definition) is 1. The first-order chi connectivity index (χ1) is 8.78. The summed E-state index contributed by atoms with van der Waals surface area (Å²) in [5, 5.41) is 8.52. The molecule has 0 saturated carbocycles. The number of hydrogen-bond acceptors (Lipinski definition) is 4. The molecule has 1 aliphatic heterocycles. The third-order valence-electron chi connectivity index (χ3n) is 3.31. The Bertz CT molecular complexity index is 564. The molecule has 2 N–H and O–H groups in total. The van der Waals surface area contributed by atoms with Gasteiger partial charge in [0.05, 0.1) is 7.11 Å². The van der Waals surface area contributed by atoms with Crippen LogP contribution >= 0.6 is 0 Å². The smallest absolute Gasteiger partial charge is 0.164 e. The Kier molecular flexibility index (Phi) is 2.76. The minimum Gasteiger partial charge on any atom is -0.497 e. The molecule has 1 aliphatic rings. The maximum absolute atomic E-state index is 6.01. The molecule has 0 aliphatic carbocycles. The molecule has 1 aromatic carbocycles. The van der Waals surface area contributed by atoms with Crippen molar-refractivity contribution in [2.45, 2.75) is 25.4 Å². The molecule has 1 unspecified atom stereocenters. The average molecular weight is 244 g/mol. The van der Waals surface area contributed by atoms with Gasteiger partial charge in [-0.15, -0.1) is 10.2 Å². The summed E-state index contributed by atoms with van der Waals surface area (Å²) in [6.45, 7) is 0.787. The highest BCUT2D eigenvalue weighted by Gasteiger charge is 2.21. The lowest BCUT2D eigenvalue weighted by atomic mass is 10.1. The van der Waals surface area contributed by atoms with Gasteiger partial charge in [0.25, 0.3) is 0 Å². The van der Waals surface area contributed by atoms with Crippen LogP contribution in [-0.2, 0) is 13.0 Å². The van der Waals surface area contributed by atoms with Crippen LogP contribution in [0, 0.1) is 0 Å². The first-order valence-electron chi connectivity index (χ1n) is 6.10. The summed E-state index contributed by atoms with van der Waals surface area (Å²) < 4.78 is 7.35. The Morgan fingerprint density at radius 2 is 2.28 bits per heavy atom. The molecule has 2 aromatic rings. The largest absolute Gasteiger partial charge is 0.497 e. The molecule has 0 amide bonds. The molecule has 1 atom stereocenters. The summed E-state index contributed by atoms with van der Waals surface area (Å²) in [4.78, 5) is 0. The van der Waals surface area contributed by atoms with E-state index in [1.54, 1.807) is 7.11 Å². The Morgan fingerprint density at radius 3 is 3.11 bits per heavy atom. The predicted octanol–water partition coefficient (Wildman–Crippen LogP) is 1.23. The van der Waals surface area contributed by atoms with Gasteiger partial charge < -0.3 is 15.0 Å². The van der Waals surface area contributed by atoms with E-state index in [4.69, 9.17) is 10.5 Å². The maximum Gasteiger partial charge on any atom is 0.164 e. The molecule has 0 fully saturated rings. The zero-order valence-corrected chi connectivity index (χ0v) is 10.3. The second-order valence-corrected chi connectivity index (χ2v) is 4.58. The molecule has 3 rings (SSSR count). The fourth-order valence-corrected chi connectivity index (χ4v) is 2.33. The van der Waals surface area contributed by atoms with E-state index >= 15 is 0 Å². The number of nitrogens with two attached hydrogens (primary N) is 1. The number of nitrogens with zero attached hydrogens (tertiary/aromatic N) is 3. The van der Waals surface area contributed by atoms with Gasteiger partial charge in [-0.1, -0.05) is 12.1 Å². The number of fused-ring (bicyclic) bond motifs is 1. The molecule has 0 bridgehead atoms. The number of rotatable bonds is 2. The van der Waals surface area contributed by atoms with Crippen LogP contribution in [0.1, 0.15) is 12.2 Å². The third-order valence-corrected chi connectivity index (χ3v) is 3.31. The van der Waals surface area contributed by atoms with Crippen molar-refractivity contribution >= 4 is 0 Å². The van der Waals surface area contributed by atoms with Gasteiger partial charge in [0.2, 0.25) is 0 Å². The molecule has 0 radical (unpaired) electrons. The summed E-state index contributed by atoms with van der Waals surface area (Å²) in [6, 6.07) is 8.05. The quantitative estimate of drug-likeness (QED) is 0.862. The highest BCUT2D eigenvalue weighted by Crippen LogP contribution is 2.25. The number of ether oxygens (including phenoxy) is 1. The summed E-state index contributed by atoms with van der Waals surface area (Å²) in [5.74, 6) is 2.72. The van der Waals surface area contributed by atoms with E-state index in [2.05, 4.69) is 14.8 Å². The molecule has 1 aromatic heterocycles. The van der Waals surface area contributed by atoms with Crippen LogP contribution in [0.2, 0.25) is 0 Å². The number of methoxy groups -OCH3 is 1. The molecule has 5 nitrogen and oxygen atoms in total. The van der Waals surface area contributed by atoms with E-state index in [1.165, 1.54) is 0 Å². The third kappa shape index (κ3) is 1.86. The van der Waals surface area contributed by atoms with Crippen molar-refractivity contribution in [2.75, 3.05) is 7.11 Å². The van der Waals surface area contributed by atoms with Crippen molar-refractivity contribution in [3.05, 3.63) is 30.1 Å². The van der Waals surface area contributed by atoms with Gasteiger partial charge in [0.15, 0.2) is 5.82 Å². The lowest BCUT2D eigenvalue weighted by Gasteiger charge is -2.20. The van der Waals surface area contributed by atoms with Crippen LogP contribution in [0.15, 0.2) is 24.3 Å². The Labute approximate surface area is 106 Å². The first-order valence-corrected chi connectivity index (χ1v) is 6.10. The van der Waals surface area contributed by atoms with Gasteiger partial charge in [-0.3, -0.25) is 0 Å². The fraction of sp³-hybridized carbons (Fsp3) is 0.385. The number of aromatic nitrogens is 3. The van der Waals surface area contributed by atoms with Crippen LogP contribution in [-0.4, -0.2) is 27.9 Å². The van der Waals surface area contributed by atoms with Gasteiger partial charge in [0.1, 0.15) is 11.6 Å². The molecule has 0 spiro atoms. The van der Waals surface area contributed by atoms with Crippen molar-refractivity contribution in [2.24, 2.45) is 5.73 Å². The normalized spacial score (nSPS) is 18.4. The highest BCUT2D eigenvalue weighted by molar-refractivity contribution is 5.58.